The lowest BCUT2D eigenvalue weighted by atomic mass is 9.67. The molecule has 4 nitrogen and oxygen atoms in total. The molecule has 0 saturated heterocycles. The van der Waals surface area contributed by atoms with E-state index in [9.17, 15) is 18.4 Å². The first-order valence-electron chi connectivity index (χ1n) is 8.97. The Balaban J connectivity index is 1.52. The van der Waals surface area contributed by atoms with Crippen molar-refractivity contribution in [1.82, 2.24) is 5.32 Å². The Morgan fingerprint density at radius 3 is 2.40 bits per heavy atom. The number of hydrogen-bond donors (Lipinski definition) is 2. The summed E-state index contributed by atoms with van der Waals surface area (Å²) in [5, 5.41) is 3.09. The van der Waals surface area contributed by atoms with Crippen molar-refractivity contribution < 1.29 is 18.4 Å². The van der Waals surface area contributed by atoms with Crippen LogP contribution in [0.15, 0.2) is 18.2 Å². The van der Waals surface area contributed by atoms with Gasteiger partial charge in [-0.25, -0.2) is 8.78 Å². The molecule has 25 heavy (non-hydrogen) atoms. The van der Waals surface area contributed by atoms with Gasteiger partial charge in [0.15, 0.2) is 17.4 Å². The zero-order chi connectivity index (χ0) is 18.0. The molecule has 0 aromatic heterocycles. The average Bonchev–Trinajstić information content (AvgIpc) is 2.56. The highest BCUT2D eigenvalue weighted by molar-refractivity contribution is 5.97. The van der Waals surface area contributed by atoms with Gasteiger partial charge in [-0.1, -0.05) is 6.42 Å². The van der Waals surface area contributed by atoms with Crippen LogP contribution in [0.25, 0.3) is 0 Å². The number of nitrogens with one attached hydrogen (secondary N) is 1. The second-order valence-corrected chi connectivity index (χ2v) is 7.33. The van der Waals surface area contributed by atoms with Crippen LogP contribution in [0.5, 0.6) is 0 Å². The number of fused-ring (bicyclic) bond motifs is 2. The molecule has 3 N–H and O–H groups in total. The van der Waals surface area contributed by atoms with Gasteiger partial charge in [0.05, 0.1) is 0 Å². The number of hydrogen-bond acceptors (Lipinski definition) is 3. The van der Waals surface area contributed by atoms with Crippen molar-refractivity contribution in [3.63, 3.8) is 0 Å². The van der Waals surface area contributed by atoms with Gasteiger partial charge in [0.25, 0.3) is 0 Å². The number of halogens is 2. The second kappa shape index (κ2) is 7.60. The highest BCUT2D eigenvalue weighted by Gasteiger charge is 2.39. The minimum absolute atomic E-state index is 0.0154. The molecule has 1 aromatic rings. The summed E-state index contributed by atoms with van der Waals surface area (Å²) < 4.78 is 26.1. The normalized spacial score (nSPS) is 28.4. The fourth-order valence-corrected chi connectivity index (χ4v) is 4.32. The van der Waals surface area contributed by atoms with Crippen LogP contribution in [0.4, 0.5) is 8.78 Å². The Bertz CT molecular complexity index is 651. The molecule has 136 valence electrons. The quantitative estimate of drug-likeness (QED) is 0.802. The van der Waals surface area contributed by atoms with Crippen molar-refractivity contribution in [2.24, 2.45) is 17.6 Å². The predicted molar refractivity (Wildman–Crippen MR) is 89.9 cm³/mol. The molecule has 2 aliphatic rings. The first-order chi connectivity index (χ1) is 11.9. The lowest BCUT2D eigenvalue weighted by Gasteiger charge is -2.45. The molecule has 2 atom stereocenters. The molecule has 0 spiro atoms. The minimum atomic E-state index is -1.05. The zero-order valence-corrected chi connectivity index (χ0v) is 14.1. The van der Waals surface area contributed by atoms with Crippen molar-refractivity contribution in [3.8, 4) is 0 Å². The molecule has 2 bridgehead atoms. The van der Waals surface area contributed by atoms with Gasteiger partial charge in [-0.3, -0.25) is 9.59 Å². The molecule has 2 unspecified atom stereocenters. The summed E-state index contributed by atoms with van der Waals surface area (Å²) in [6.07, 6.45) is 5.28. The van der Waals surface area contributed by atoms with Crippen LogP contribution in [-0.4, -0.2) is 23.8 Å². The van der Waals surface area contributed by atoms with Crippen molar-refractivity contribution >= 4 is 11.7 Å². The SMILES string of the molecule is NC1CC2CCCC(C1)C2NC(=O)CCC(=O)c1ccc(F)c(F)c1. The van der Waals surface area contributed by atoms with Gasteiger partial charge in [-0.2, -0.15) is 0 Å². The summed E-state index contributed by atoms with van der Waals surface area (Å²) in [6, 6.07) is 3.42. The second-order valence-electron chi connectivity index (χ2n) is 7.33. The lowest BCUT2D eigenvalue weighted by molar-refractivity contribution is -0.123. The topological polar surface area (TPSA) is 72.2 Å². The lowest BCUT2D eigenvalue weighted by Crippen LogP contribution is -2.53. The smallest absolute Gasteiger partial charge is 0.220 e. The van der Waals surface area contributed by atoms with Gasteiger partial charge in [-0.15, -0.1) is 0 Å². The average molecular weight is 350 g/mol. The van der Waals surface area contributed by atoms with Crippen molar-refractivity contribution in [1.29, 1.82) is 0 Å². The molecule has 0 aliphatic heterocycles. The number of Topliss-reactive ketones (excluding diaryl/α,β-unsaturated/α-hetero) is 1. The molecule has 2 saturated carbocycles. The molecule has 1 aromatic carbocycles. The number of nitrogens with two attached hydrogens (primary N) is 1. The third-order valence-electron chi connectivity index (χ3n) is 5.52. The molecular weight excluding hydrogens is 326 g/mol. The van der Waals surface area contributed by atoms with Crippen LogP contribution in [0.2, 0.25) is 0 Å². The van der Waals surface area contributed by atoms with E-state index in [0.717, 1.165) is 37.8 Å². The van der Waals surface area contributed by atoms with E-state index in [2.05, 4.69) is 5.32 Å². The summed E-state index contributed by atoms with van der Waals surface area (Å²) >= 11 is 0. The Morgan fingerprint density at radius 1 is 1.08 bits per heavy atom. The third-order valence-corrected chi connectivity index (χ3v) is 5.52. The third kappa shape index (κ3) is 4.24. The summed E-state index contributed by atoms with van der Waals surface area (Å²) in [5.74, 6) is -1.71. The van der Waals surface area contributed by atoms with E-state index < -0.39 is 11.6 Å². The highest BCUT2D eigenvalue weighted by Crippen LogP contribution is 2.39. The predicted octanol–water partition coefficient (Wildman–Crippen LogP) is 2.95. The monoisotopic (exact) mass is 350 g/mol. The van der Waals surface area contributed by atoms with Gasteiger partial charge in [-0.05, 0) is 55.7 Å². The Labute approximate surface area is 146 Å². The Kier molecular flexibility index (Phi) is 5.47. The van der Waals surface area contributed by atoms with Gasteiger partial charge in [0.1, 0.15) is 0 Å². The van der Waals surface area contributed by atoms with Gasteiger partial charge < -0.3 is 11.1 Å². The fourth-order valence-electron chi connectivity index (χ4n) is 4.32. The number of benzene rings is 1. The standard InChI is InChI=1S/C19H24F2N2O2/c20-15-5-4-11(10-16(15)21)17(24)6-7-18(25)23-19-12-2-1-3-13(19)9-14(22)8-12/h4-5,10,12-14,19H,1-3,6-9,22H2,(H,23,25). The number of ketones is 1. The summed E-state index contributed by atoms with van der Waals surface area (Å²) in [7, 11) is 0. The van der Waals surface area contributed by atoms with E-state index in [1.165, 1.54) is 12.5 Å². The van der Waals surface area contributed by atoms with E-state index in [-0.39, 0.29) is 42.2 Å². The number of carbonyl (C=O) groups excluding carboxylic acids is 2. The highest BCUT2D eigenvalue weighted by atomic mass is 19.2. The maximum absolute atomic E-state index is 13.2. The minimum Gasteiger partial charge on any atom is -0.353 e. The largest absolute Gasteiger partial charge is 0.353 e. The first kappa shape index (κ1) is 18.0. The van der Waals surface area contributed by atoms with Crippen molar-refractivity contribution in [2.45, 2.75) is 57.0 Å². The van der Waals surface area contributed by atoms with Gasteiger partial charge >= 0.3 is 0 Å². The number of amides is 1. The zero-order valence-electron chi connectivity index (χ0n) is 14.1. The van der Waals surface area contributed by atoms with Gasteiger partial charge in [0.2, 0.25) is 5.91 Å². The summed E-state index contributed by atoms with van der Waals surface area (Å²) in [4.78, 5) is 24.3. The molecular formula is C19H24F2N2O2. The molecule has 1 amide bonds. The van der Waals surface area contributed by atoms with E-state index in [1.807, 2.05) is 0 Å². The van der Waals surface area contributed by atoms with E-state index in [4.69, 9.17) is 5.73 Å². The van der Waals surface area contributed by atoms with Crippen LogP contribution < -0.4 is 11.1 Å². The maximum atomic E-state index is 13.2. The van der Waals surface area contributed by atoms with Crippen LogP contribution in [0.1, 0.15) is 55.3 Å². The molecule has 3 rings (SSSR count). The molecule has 2 aliphatic carbocycles. The van der Waals surface area contributed by atoms with Gasteiger partial charge in [0, 0.05) is 30.5 Å². The summed E-state index contributed by atoms with van der Waals surface area (Å²) in [6.45, 7) is 0. The van der Waals surface area contributed by atoms with Crippen LogP contribution in [0.3, 0.4) is 0 Å². The number of rotatable bonds is 5. The molecule has 6 heteroatoms. The molecule has 2 fully saturated rings. The maximum Gasteiger partial charge on any atom is 0.220 e. The Morgan fingerprint density at radius 2 is 1.76 bits per heavy atom. The fraction of sp³-hybridized carbons (Fsp3) is 0.579. The van der Waals surface area contributed by atoms with Crippen LogP contribution >= 0.6 is 0 Å². The Hall–Kier alpha value is -1.82. The van der Waals surface area contributed by atoms with Crippen molar-refractivity contribution in [3.05, 3.63) is 35.4 Å². The van der Waals surface area contributed by atoms with Crippen LogP contribution in [0, 0.1) is 23.5 Å². The van der Waals surface area contributed by atoms with Crippen LogP contribution in [-0.2, 0) is 4.79 Å². The molecule has 0 heterocycles. The van der Waals surface area contributed by atoms with Crippen molar-refractivity contribution in [2.75, 3.05) is 0 Å². The summed E-state index contributed by atoms with van der Waals surface area (Å²) in [5.41, 5.74) is 6.18. The first-order valence-corrected chi connectivity index (χ1v) is 8.97. The van der Waals surface area contributed by atoms with E-state index >= 15 is 0 Å². The molecule has 0 radical (unpaired) electrons. The van der Waals surface area contributed by atoms with E-state index in [0.29, 0.717) is 11.8 Å². The number of carbonyl (C=O) groups is 2. The van der Waals surface area contributed by atoms with E-state index in [1.54, 1.807) is 0 Å².